The minimum absolute atomic E-state index is 1.08. The number of hydrogen-bond acceptors (Lipinski definition) is 1. The zero-order valence-electron chi connectivity index (χ0n) is 6.63. The van der Waals surface area contributed by atoms with Crippen molar-refractivity contribution in [3.8, 4) is 0 Å². The van der Waals surface area contributed by atoms with E-state index in [1.165, 1.54) is 18.4 Å². The van der Waals surface area contributed by atoms with Gasteiger partial charge in [-0.2, -0.15) is 11.3 Å². The molecule has 1 fully saturated rings. The molecule has 1 heterocycles. The van der Waals surface area contributed by atoms with Crippen LogP contribution in [0.5, 0.6) is 0 Å². The fourth-order valence-electron chi connectivity index (χ4n) is 0.499. The maximum atomic E-state index is 2.28. The highest BCUT2D eigenvalue weighted by Gasteiger charge is 2.12. The van der Waals surface area contributed by atoms with E-state index in [0.29, 0.717) is 0 Å². The summed E-state index contributed by atoms with van der Waals surface area (Å²) in [4.78, 5) is 0. The Hall–Kier alpha value is -0.300. The molecule has 0 aromatic carbocycles. The largest absolute Gasteiger partial charge is 0.152 e. The van der Waals surface area contributed by atoms with Crippen molar-refractivity contribution in [3.05, 3.63) is 22.4 Å². The molecule has 0 nitrogen and oxygen atoms in total. The minimum Gasteiger partial charge on any atom is -0.152 e. The minimum atomic E-state index is 1.08. The van der Waals surface area contributed by atoms with E-state index in [1.807, 2.05) is 0 Å². The van der Waals surface area contributed by atoms with Gasteiger partial charge in [0.05, 0.1) is 0 Å². The molecule has 0 unspecified atom stereocenters. The molecule has 1 saturated carbocycles. The Balaban J connectivity index is 0.000000108. The molecule has 0 spiro atoms. The van der Waals surface area contributed by atoms with Gasteiger partial charge < -0.3 is 0 Å². The summed E-state index contributed by atoms with van der Waals surface area (Å²) in [5.74, 6) is 1.08. The van der Waals surface area contributed by atoms with Gasteiger partial charge in [0.1, 0.15) is 0 Å². The SMILES string of the molecule is CC1CC1.Cc1ccsc1. The lowest BCUT2D eigenvalue weighted by atomic mass is 10.4. The molecule has 10 heavy (non-hydrogen) atoms. The van der Waals surface area contributed by atoms with Crippen LogP contribution in [0.4, 0.5) is 0 Å². The van der Waals surface area contributed by atoms with Crippen molar-refractivity contribution in [2.24, 2.45) is 5.92 Å². The first kappa shape index (κ1) is 7.80. The average Bonchev–Trinajstić information content (AvgIpc) is 2.50. The molecular formula is C9H14S. The molecule has 0 bridgehead atoms. The summed E-state index contributed by atoms with van der Waals surface area (Å²) in [6, 6.07) is 2.10. The fourth-order valence-corrected chi connectivity index (χ4v) is 1.16. The lowest BCUT2D eigenvalue weighted by Gasteiger charge is -1.65. The van der Waals surface area contributed by atoms with Gasteiger partial charge >= 0.3 is 0 Å². The first-order chi connectivity index (χ1) is 4.79. The number of thiophene rings is 1. The van der Waals surface area contributed by atoms with Crippen molar-refractivity contribution in [3.63, 3.8) is 0 Å². The predicted molar refractivity (Wildman–Crippen MR) is 47.5 cm³/mol. The highest BCUT2D eigenvalue weighted by atomic mass is 32.1. The van der Waals surface area contributed by atoms with E-state index in [-0.39, 0.29) is 0 Å². The van der Waals surface area contributed by atoms with E-state index in [2.05, 4.69) is 30.7 Å². The van der Waals surface area contributed by atoms with Crippen LogP contribution in [0.25, 0.3) is 0 Å². The molecule has 1 aliphatic rings. The van der Waals surface area contributed by atoms with E-state index in [9.17, 15) is 0 Å². The third-order valence-electron chi connectivity index (χ3n) is 1.53. The molecule has 1 aromatic rings. The first-order valence-corrected chi connectivity index (χ1v) is 4.72. The summed E-state index contributed by atoms with van der Waals surface area (Å²) in [5.41, 5.74) is 1.36. The Morgan fingerprint density at radius 1 is 1.50 bits per heavy atom. The third kappa shape index (κ3) is 3.67. The second-order valence-electron chi connectivity index (χ2n) is 2.98. The molecule has 0 aliphatic heterocycles. The van der Waals surface area contributed by atoms with Crippen LogP contribution in [0, 0.1) is 12.8 Å². The van der Waals surface area contributed by atoms with Crippen molar-refractivity contribution in [1.29, 1.82) is 0 Å². The normalized spacial score (nSPS) is 15.8. The third-order valence-corrected chi connectivity index (χ3v) is 2.33. The predicted octanol–water partition coefficient (Wildman–Crippen LogP) is 3.47. The van der Waals surface area contributed by atoms with E-state index in [1.54, 1.807) is 11.3 Å². The highest BCUT2D eigenvalue weighted by molar-refractivity contribution is 7.07. The molecule has 0 atom stereocenters. The summed E-state index contributed by atoms with van der Waals surface area (Å²) in [7, 11) is 0. The molecule has 0 radical (unpaired) electrons. The molecule has 0 saturated heterocycles. The maximum Gasteiger partial charge on any atom is -0.00641 e. The van der Waals surface area contributed by atoms with Gasteiger partial charge in [-0.15, -0.1) is 0 Å². The van der Waals surface area contributed by atoms with Crippen molar-refractivity contribution < 1.29 is 0 Å². The summed E-state index contributed by atoms with van der Waals surface area (Å²) < 4.78 is 0. The number of aryl methyl sites for hydroxylation is 1. The van der Waals surface area contributed by atoms with Gasteiger partial charge in [-0.05, 0) is 35.2 Å². The van der Waals surface area contributed by atoms with Crippen molar-refractivity contribution in [1.82, 2.24) is 0 Å². The van der Waals surface area contributed by atoms with Crippen molar-refractivity contribution >= 4 is 11.3 Å². The molecular weight excluding hydrogens is 140 g/mol. The van der Waals surface area contributed by atoms with Crippen LogP contribution >= 0.6 is 11.3 Å². The van der Waals surface area contributed by atoms with Crippen molar-refractivity contribution in [2.45, 2.75) is 26.7 Å². The average molecular weight is 154 g/mol. The monoisotopic (exact) mass is 154 g/mol. The van der Waals surface area contributed by atoms with E-state index >= 15 is 0 Å². The standard InChI is InChI=1S/C5H6S.C4H8/c1-5-2-3-6-4-5;1-4-2-3-4/h2-4H,1H3;4H,2-3H2,1H3. The van der Waals surface area contributed by atoms with Crippen LogP contribution in [-0.4, -0.2) is 0 Å². The molecule has 0 N–H and O–H groups in total. The number of hydrogen-bond donors (Lipinski definition) is 0. The van der Waals surface area contributed by atoms with Crippen molar-refractivity contribution in [2.75, 3.05) is 0 Å². The van der Waals surface area contributed by atoms with Crippen LogP contribution in [0.15, 0.2) is 16.8 Å². The quantitative estimate of drug-likeness (QED) is 0.536. The first-order valence-electron chi connectivity index (χ1n) is 3.78. The van der Waals surface area contributed by atoms with Gasteiger partial charge in [0.15, 0.2) is 0 Å². The van der Waals surface area contributed by atoms with Crippen LogP contribution < -0.4 is 0 Å². The van der Waals surface area contributed by atoms with Gasteiger partial charge in [-0.1, -0.05) is 19.8 Å². The van der Waals surface area contributed by atoms with E-state index in [0.717, 1.165) is 5.92 Å². The highest BCUT2D eigenvalue weighted by Crippen LogP contribution is 2.26. The molecule has 1 heteroatoms. The maximum absolute atomic E-state index is 2.28. The second-order valence-corrected chi connectivity index (χ2v) is 3.76. The Morgan fingerprint density at radius 2 is 2.10 bits per heavy atom. The van der Waals surface area contributed by atoms with Gasteiger partial charge in [-0.25, -0.2) is 0 Å². The van der Waals surface area contributed by atoms with Gasteiger partial charge in [-0.3, -0.25) is 0 Å². The molecule has 1 aliphatic carbocycles. The summed E-state index contributed by atoms with van der Waals surface area (Å²) in [5, 5.41) is 4.20. The van der Waals surface area contributed by atoms with Gasteiger partial charge in [0, 0.05) is 0 Å². The lowest BCUT2D eigenvalue weighted by Crippen LogP contribution is -1.47. The van der Waals surface area contributed by atoms with Crippen LogP contribution in [0.3, 0.4) is 0 Å². The fraction of sp³-hybridized carbons (Fsp3) is 0.556. The van der Waals surface area contributed by atoms with Gasteiger partial charge in [0.25, 0.3) is 0 Å². The summed E-state index contributed by atoms with van der Waals surface area (Å²) in [6.45, 7) is 4.37. The zero-order chi connectivity index (χ0) is 7.40. The Morgan fingerprint density at radius 3 is 2.20 bits per heavy atom. The Labute approximate surface area is 66.9 Å². The number of rotatable bonds is 0. The van der Waals surface area contributed by atoms with Gasteiger partial charge in [0.2, 0.25) is 0 Å². The molecule has 2 rings (SSSR count). The zero-order valence-corrected chi connectivity index (χ0v) is 7.45. The summed E-state index contributed by atoms with van der Waals surface area (Å²) >= 11 is 1.74. The summed E-state index contributed by atoms with van der Waals surface area (Å²) in [6.07, 6.45) is 2.97. The topological polar surface area (TPSA) is 0 Å². The Bertz CT molecular complexity index is 161. The molecule has 0 amide bonds. The lowest BCUT2D eigenvalue weighted by molar-refractivity contribution is 0.983. The molecule has 1 aromatic heterocycles. The van der Waals surface area contributed by atoms with Crippen LogP contribution in [-0.2, 0) is 0 Å². The van der Waals surface area contributed by atoms with E-state index < -0.39 is 0 Å². The second kappa shape index (κ2) is 3.77. The Kier molecular flexibility index (Phi) is 2.94. The van der Waals surface area contributed by atoms with E-state index in [4.69, 9.17) is 0 Å². The smallest absolute Gasteiger partial charge is 0.00641 e. The van der Waals surface area contributed by atoms with Crippen LogP contribution in [0.2, 0.25) is 0 Å². The molecule has 56 valence electrons. The van der Waals surface area contributed by atoms with Crippen LogP contribution in [0.1, 0.15) is 25.3 Å².